The molecule has 1 N–H and O–H groups in total. The number of carbonyl (C=O) groups excluding carboxylic acids is 1. The SMILES string of the molecule is COc1ccc2[nH]c(-c3nc(CCN(C)C(=O)c4ccccc4C)no3)cc2c1. The Kier molecular flexibility index (Phi) is 5.03. The van der Waals surface area contributed by atoms with Gasteiger partial charge in [-0.05, 0) is 42.8 Å². The molecule has 4 aromatic rings. The van der Waals surface area contributed by atoms with Crippen molar-refractivity contribution in [2.75, 3.05) is 20.7 Å². The van der Waals surface area contributed by atoms with Gasteiger partial charge in [0.1, 0.15) is 11.4 Å². The highest BCUT2D eigenvalue weighted by Crippen LogP contribution is 2.26. The number of rotatable bonds is 6. The number of ether oxygens (including phenoxy) is 1. The molecule has 7 heteroatoms. The highest BCUT2D eigenvalue weighted by molar-refractivity contribution is 5.95. The first-order chi connectivity index (χ1) is 14.0. The van der Waals surface area contributed by atoms with Crippen molar-refractivity contribution < 1.29 is 14.1 Å². The lowest BCUT2D eigenvalue weighted by Crippen LogP contribution is -2.29. The van der Waals surface area contributed by atoms with Crippen LogP contribution in [0.4, 0.5) is 0 Å². The number of amides is 1. The number of aromatic amines is 1. The Morgan fingerprint density at radius 2 is 2.03 bits per heavy atom. The summed E-state index contributed by atoms with van der Waals surface area (Å²) in [6.07, 6.45) is 0.506. The summed E-state index contributed by atoms with van der Waals surface area (Å²) >= 11 is 0. The van der Waals surface area contributed by atoms with Gasteiger partial charge in [0.25, 0.3) is 11.8 Å². The Bertz CT molecular complexity index is 1160. The highest BCUT2D eigenvalue weighted by Gasteiger charge is 2.16. The maximum Gasteiger partial charge on any atom is 0.274 e. The lowest BCUT2D eigenvalue weighted by Gasteiger charge is -2.17. The number of nitrogens with one attached hydrogen (secondary N) is 1. The molecule has 0 saturated carbocycles. The highest BCUT2D eigenvalue weighted by atomic mass is 16.5. The van der Waals surface area contributed by atoms with Gasteiger partial charge in [0.15, 0.2) is 5.82 Å². The quantitative estimate of drug-likeness (QED) is 0.541. The summed E-state index contributed by atoms with van der Waals surface area (Å²) < 4.78 is 10.7. The first-order valence-electron chi connectivity index (χ1n) is 9.36. The summed E-state index contributed by atoms with van der Waals surface area (Å²) in [5.74, 6) is 1.75. The zero-order valence-corrected chi connectivity index (χ0v) is 16.6. The molecule has 0 atom stereocenters. The molecule has 0 bridgehead atoms. The van der Waals surface area contributed by atoms with E-state index in [1.165, 1.54) is 0 Å². The Balaban J connectivity index is 1.44. The van der Waals surface area contributed by atoms with Crippen LogP contribution in [-0.2, 0) is 6.42 Å². The van der Waals surface area contributed by atoms with Crippen LogP contribution < -0.4 is 4.74 Å². The molecule has 0 saturated heterocycles. The first kappa shape index (κ1) is 18.7. The van der Waals surface area contributed by atoms with Crippen LogP contribution >= 0.6 is 0 Å². The third kappa shape index (κ3) is 3.85. The number of carbonyl (C=O) groups is 1. The van der Waals surface area contributed by atoms with Crippen LogP contribution in [0.25, 0.3) is 22.5 Å². The second-order valence-corrected chi connectivity index (χ2v) is 6.94. The van der Waals surface area contributed by atoms with Gasteiger partial charge in [-0.15, -0.1) is 0 Å². The van der Waals surface area contributed by atoms with Crippen LogP contribution in [0.15, 0.2) is 53.1 Å². The third-order valence-electron chi connectivity index (χ3n) is 4.92. The van der Waals surface area contributed by atoms with Crippen molar-refractivity contribution in [3.05, 3.63) is 65.5 Å². The van der Waals surface area contributed by atoms with Crippen molar-refractivity contribution in [2.45, 2.75) is 13.3 Å². The largest absolute Gasteiger partial charge is 0.497 e. The topological polar surface area (TPSA) is 84.2 Å². The molecule has 2 aromatic carbocycles. The summed E-state index contributed by atoms with van der Waals surface area (Å²) in [5.41, 5.74) is 3.37. The van der Waals surface area contributed by atoms with Gasteiger partial charge >= 0.3 is 0 Å². The van der Waals surface area contributed by atoms with Crippen molar-refractivity contribution in [3.8, 4) is 17.3 Å². The molecule has 2 aromatic heterocycles. The molecular weight excluding hydrogens is 368 g/mol. The molecule has 0 fully saturated rings. The Morgan fingerprint density at radius 3 is 2.83 bits per heavy atom. The van der Waals surface area contributed by atoms with Gasteiger partial charge < -0.3 is 19.1 Å². The molecule has 4 rings (SSSR count). The molecule has 0 spiro atoms. The molecule has 0 aliphatic rings. The van der Waals surface area contributed by atoms with Crippen molar-refractivity contribution in [1.29, 1.82) is 0 Å². The zero-order valence-electron chi connectivity index (χ0n) is 16.6. The van der Waals surface area contributed by atoms with Crippen molar-refractivity contribution in [2.24, 2.45) is 0 Å². The number of hydrogen-bond donors (Lipinski definition) is 1. The number of hydrogen-bond acceptors (Lipinski definition) is 5. The number of aryl methyl sites for hydroxylation is 1. The summed E-state index contributed by atoms with van der Waals surface area (Å²) in [6, 6.07) is 15.3. The van der Waals surface area contributed by atoms with Gasteiger partial charge in [-0.3, -0.25) is 4.79 Å². The van der Waals surface area contributed by atoms with Gasteiger partial charge in [-0.25, -0.2) is 0 Å². The summed E-state index contributed by atoms with van der Waals surface area (Å²) in [7, 11) is 3.42. The van der Waals surface area contributed by atoms with Crippen LogP contribution in [0.5, 0.6) is 5.75 Å². The van der Waals surface area contributed by atoms with Crippen LogP contribution in [0, 0.1) is 6.92 Å². The summed E-state index contributed by atoms with van der Waals surface area (Å²) in [5, 5.41) is 5.05. The molecular formula is C22H22N4O3. The third-order valence-corrected chi connectivity index (χ3v) is 4.92. The fraction of sp³-hybridized carbons (Fsp3) is 0.227. The predicted molar refractivity (Wildman–Crippen MR) is 110 cm³/mol. The van der Waals surface area contributed by atoms with Crippen LogP contribution in [0.1, 0.15) is 21.7 Å². The fourth-order valence-electron chi connectivity index (χ4n) is 3.21. The van der Waals surface area contributed by atoms with Crippen LogP contribution in [0.2, 0.25) is 0 Å². The smallest absolute Gasteiger partial charge is 0.274 e. The lowest BCUT2D eigenvalue weighted by molar-refractivity contribution is 0.0795. The van der Waals surface area contributed by atoms with Crippen LogP contribution in [0.3, 0.4) is 0 Å². The standard InChI is InChI=1S/C22H22N4O3/c1-14-6-4-5-7-17(14)22(27)26(2)11-10-20-24-21(29-25-20)19-13-15-12-16(28-3)8-9-18(15)23-19/h4-9,12-13,23H,10-11H2,1-3H3. The van der Waals surface area contributed by atoms with Gasteiger partial charge in [-0.1, -0.05) is 23.4 Å². The Morgan fingerprint density at radius 1 is 1.21 bits per heavy atom. The number of likely N-dealkylation sites (N-methyl/N-ethyl adjacent to an activating group) is 1. The monoisotopic (exact) mass is 390 g/mol. The fourth-order valence-corrected chi connectivity index (χ4v) is 3.21. The molecule has 29 heavy (non-hydrogen) atoms. The minimum atomic E-state index is -0.0172. The minimum absolute atomic E-state index is 0.0172. The van der Waals surface area contributed by atoms with E-state index < -0.39 is 0 Å². The van der Waals surface area contributed by atoms with E-state index in [1.54, 1.807) is 19.1 Å². The average Bonchev–Trinajstić information content (AvgIpc) is 3.38. The average molecular weight is 390 g/mol. The number of H-pyrrole nitrogens is 1. The Labute approximate surface area is 168 Å². The second kappa shape index (κ2) is 7.79. The molecule has 7 nitrogen and oxygen atoms in total. The summed E-state index contributed by atoms with van der Waals surface area (Å²) in [4.78, 5) is 22.0. The minimum Gasteiger partial charge on any atom is -0.497 e. The van der Waals surface area contributed by atoms with Crippen LogP contribution in [-0.4, -0.2) is 46.6 Å². The number of nitrogens with zero attached hydrogens (tertiary/aromatic N) is 3. The van der Waals surface area contributed by atoms with E-state index in [-0.39, 0.29) is 5.91 Å². The number of aromatic nitrogens is 3. The molecule has 0 aliphatic carbocycles. The van der Waals surface area contributed by atoms with Crippen molar-refractivity contribution in [3.63, 3.8) is 0 Å². The predicted octanol–water partition coefficient (Wildman–Crippen LogP) is 3.85. The molecule has 148 valence electrons. The van der Waals surface area contributed by atoms with Gasteiger partial charge in [0, 0.05) is 36.5 Å². The normalized spacial score (nSPS) is 11.0. The molecule has 1 amide bonds. The zero-order chi connectivity index (χ0) is 20.4. The first-order valence-corrected chi connectivity index (χ1v) is 9.36. The number of fused-ring (bicyclic) bond motifs is 1. The molecule has 0 unspecified atom stereocenters. The molecule has 0 radical (unpaired) electrons. The van der Waals surface area contributed by atoms with E-state index in [4.69, 9.17) is 9.26 Å². The molecule has 0 aliphatic heterocycles. The maximum absolute atomic E-state index is 12.6. The summed E-state index contributed by atoms with van der Waals surface area (Å²) in [6.45, 7) is 2.43. The number of methoxy groups -OCH3 is 1. The van der Waals surface area contributed by atoms with Crippen molar-refractivity contribution in [1.82, 2.24) is 20.0 Å². The Hall–Kier alpha value is -3.61. The van der Waals surface area contributed by atoms with Gasteiger partial charge in [0.2, 0.25) is 0 Å². The maximum atomic E-state index is 12.6. The lowest BCUT2D eigenvalue weighted by atomic mass is 10.1. The number of benzene rings is 2. The van der Waals surface area contributed by atoms with Gasteiger partial charge in [0.05, 0.1) is 7.11 Å². The van der Waals surface area contributed by atoms with E-state index in [2.05, 4.69) is 15.1 Å². The van der Waals surface area contributed by atoms with E-state index in [1.807, 2.05) is 55.5 Å². The molecule has 2 heterocycles. The van der Waals surface area contributed by atoms with Gasteiger partial charge in [-0.2, -0.15) is 4.98 Å². The van der Waals surface area contributed by atoms with E-state index in [9.17, 15) is 4.79 Å². The second-order valence-electron chi connectivity index (χ2n) is 6.94. The van der Waals surface area contributed by atoms with Crippen molar-refractivity contribution >= 4 is 16.8 Å². The van der Waals surface area contributed by atoms with E-state index >= 15 is 0 Å². The van der Waals surface area contributed by atoms with E-state index in [0.29, 0.717) is 30.2 Å². The van der Waals surface area contributed by atoms with E-state index in [0.717, 1.165) is 27.9 Å².